The summed E-state index contributed by atoms with van der Waals surface area (Å²) in [6, 6.07) is 16.4. The van der Waals surface area contributed by atoms with Crippen molar-refractivity contribution in [2.24, 2.45) is 0 Å². The van der Waals surface area contributed by atoms with Crippen LogP contribution in [0.2, 0.25) is 0 Å². The molecule has 0 aliphatic heterocycles. The van der Waals surface area contributed by atoms with Crippen molar-refractivity contribution in [2.75, 3.05) is 26.1 Å². The van der Waals surface area contributed by atoms with Gasteiger partial charge < -0.3 is 14.4 Å². The van der Waals surface area contributed by atoms with Gasteiger partial charge in [-0.05, 0) is 29.8 Å². The molecule has 0 spiro atoms. The van der Waals surface area contributed by atoms with Gasteiger partial charge in [0.1, 0.15) is 5.75 Å². The molecule has 6 nitrogen and oxygen atoms in total. The second-order valence-electron chi connectivity index (χ2n) is 5.17. The molecule has 2 amide bonds. The molecule has 0 bridgehead atoms. The van der Waals surface area contributed by atoms with Gasteiger partial charge in [0, 0.05) is 19.3 Å². The number of amides is 2. The van der Waals surface area contributed by atoms with E-state index in [-0.39, 0.29) is 12.5 Å². The standard InChI is InChI=1S/C18H20N2O4/c1-20(12-14-6-4-3-5-7-14)17(21)13-24-16-10-8-15(9-11-16)19-18(22)23-2/h3-11H,12-13H2,1-2H3,(H,19,22). The van der Waals surface area contributed by atoms with Gasteiger partial charge in [0.05, 0.1) is 7.11 Å². The Kier molecular flexibility index (Phi) is 6.19. The van der Waals surface area contributed by atoms with E-state index in [2.05, 4.69) is 10.1 Å². The predicted octanol–water partition coefficient (Wildman–Crippen LogP) is 2.90. The first kappa shape index (κ1) is 17.3. The number of likely N-dealkylation sites (N-methyl/N-ethyl adjacent to an activating group) is 1. The second-order valence-corrected chi connectivity index (χ2v) is 5.17. The zero-order valence-electron chi connectivity index (χ0n) is 13.7. The van der Waals surface area contributed by atoms with E-state index in [9.17, 15) is 9.59 Å². The van der Waals surface area contributed by atoms with Gasteiger partial charge in [0.15, 0.2) is 6.61 Å². The summed E-state index contributed by atoms with van der Waals surface area (Å²) in [7, 11) is 3.03. The third-order valence-corrected chi connectivity index (χ3v) is 3.34. The van der Waals surface area contributed by atoms with Crippen LogP contribution >= 0.6 is 0 Å². The highest BCUT2D eigenvalue weighted by Crippen LogP contribution is 2.16. The Morgan fingerprint density at radius 3 is 2.33 bits per heavy atom. The summed E-state index contributed by atoms with van der Waals surface area (Å²) in [4.78, 5) is 24.8. The molecule has 0 heterocycles. The summed E-state index contributed by atoms with van der Waals surface area (Å²) in [6.45, 7) is 0.484. The summed E-state index contributed by atoms with van der Waals surface area (Å²) >= 11 is 0. The molecule has 6 heteroatoms. The van der Waals surface area contributed by atoms with Gasteiger partial charge in [0.2, 0.25) is 0 Å². The van der Waals surface area contributed by atoms with E-state index < -0.39 is 6.09 Å². The third-order valence-electron chi connectivity index (χ3n) is 3.34. The van der Waals surface area contributed by atoms with Crippen molar-refractivity contribution < 1.29 is 19.1 Å². The Morgan fingerprint density at radius 1 is 1.04 bits per heavy atom. The number of hydrogen-bond donors (Lipinski definition) is 1. The Balaban J connectivity index is 1.81. The summed E-state index contributed by atoms with van der Waals surface area (Å²) < 4.78 is 9.98. The lowest BCUT2D eigenvalue weighted by Crippen LogP contribution is -2.30. The third kappa shape index (κ3) is 5.31. The molecule has 0 saturated heterocycles. The molecule has 0 aliphatic rings. The minimum atomic E-state index is -0.540. The van der Waals surface area contributed by atoms with Crippen LogP contribution in [0.15, 0.2) is 54.6 Å². The van der Waals surface area contributed by atoms with Gasteiger partial charge in [-0.2, -0.15) is 0 Å². The number of nitrogens with one attached hydrogen (secondary N) is 1. The average Bonchev–Trinajstić information content (AvgIpc) is 2.61. The normalized spacial score (nSPS) is 9.92. The number of anilines is 1. The molecule has 0 aromatic heterocycles. The number of carbonyl (C=O) groups is 2. The van der Waals surface area contributed by atoms with Gasteiger partial charge in [-0.25, -0.2) is 4.79 Å². The number of ether oxygens (including phenoxy) is 2. The van der Waals surface area contributed by atoms with Crippen molar-refractivity contribution in [3.05, 3.63) is 60.2 Å². The van der Waals surface area contributed by atoms with Crippen LogP contribution in [-0.2, 0) is 16.1 Å². The van der Waals surface area contributed by atoms with Gasteiger partial charge in [-0.1, -0.05) is 30.3 Å². The Morgan fingerprint density at radius 2 is 1.71 bits per heavy atom. The molecular formula is C18H20N2O4. The van der Waals surface area contributed by atoms with E-state index in [1.54, 1.807) is 36.2 Å². The summed E-state index contributed by atoms with van der Waals surface area (Å²) in [5.41, 5.74) is 1.65. The Labute approximate surface area is 141 Å². The second kappa shape index (κ2) is 8.57. The van der Waals surface area contributed by atoms with Crippen molar-refractivity contribution in [2.45, 2.75) is 6.54 Å². The topological polar surface area (TPSA) is 67.9 Å². The molecule has 2 aromatic rings. The van der Waals surface area contributed by atoms with Crippen LogP contribution in [0.4, 0.5) is 10.5 Å². The lowest BCUT2D eigenvalue weighted by atomic mass is 10.2. The van der Waals surface area contributed by atoms with Gasteiger partial charge in [0.25, 0.3) is 5.91 Å². The van der Waals surface area contributed by atoms with Crippen LogP contribution < -0.4 is 10.1 Å². The summed E-state index contributed by atoms with van der Waals surface area (Å²) in [5.74, 6) is 0.433. The monoisotopic (exact) mass is 328 g/mol. The summed E-state index contributed by atoms with van der Waals surface area (Å²) in [6.07, 6.45) is -0.540. The van der Waals surface area contributed by atoms with Crippen molar-refractivity contribution in [1.82, 2.24) is 4.90 Å². The number of carbonyl (C=O) groups excluding carboxylic acids is 2. The molecule has 0 unspecified atom stereocenters. The fourth-order valence-corrected chi connectivity index (χ4v) is 2.00. The quantitative estimate of drug-likeness (QED) is 0.885. The largest absolute Gasteiger partial charge is 0.484 e. The van der Waals surface area contributed by atoms with Crippen LogP contribution in [0.5, 0.6) is 5.75 Å². The van der Waals surface area contributed by atoms with Gasteiger partial charge in [-0.3, -0.25) is 10.1 Å². The van der Waals surface area contributed by atoms with Crippen LogP contribution in [-0.4, -0.2) is 37.7 Å². The molecule has 24 heavy (non-hydrogen) atoms. The van der Waals surface area contributed by atoms with Crippen molar-refractivity contribution in [3.63, 3.8) is 0 Å². The number of nitrogens with zero attached hydrogens (tertiary/aromatic N) is 1. The average molecular weight is 328 g/mol. The molecule has 0 radical (unpaired) electrons. The first-order valence-corrected chi connectivity index (χ1v) is 7.44. The molecule has 0 saturated carbocycles. The van der Waals surface area contributed by atoms with Crippen molar-refractivity contribution >= 4 is 17.7 Å². The molecule has 2 aromatic carbocycles. The maximum absolute atomic E-state index is 12.1. The maximum Gasteiger partial charge on any atom is 0.411 e. The van der Waals surface area contributed by atoms with E-state index in [0.717, 1.165) is 5.56 Å². The number of benzene rings is 2. The molecule has 0 atom stereocenters. The number of rotatable bonds is 6. The van der Waals surface area contributed by atoms with E-state index in [1.807, 2.05) is 30.3 Å². The highest BCUT2D eigenvalue weighted by molar-refractivity contribution is 5.84. The van der Waals surface area contributed by atoms with Gasteiger partial charge in [-0.15, -0.1) is 0 Å². The van der Waals surface area contributed by atoms with Crippen LogP contribution in [0.25, 0.3) is 0 Å². The van der Waals surface area contributed by atoms with Crippen LogP contribution in [0, 0.1) is 0 Å². The van der Waals surface area contributed by atoms with Crippen molar-refractivity contribution in [1.29, 1.82) is 0 Å². The minimum Gasteiger partial charge on any atom is -0.484 e. The lowest BCUT2D eigenvalue weighted by molar-refractivity contribution is -0.132. The van der Waals surface area contributed by atoms with E-state index in [1.165, 1.54) is 7.11 Å². The fourth-order valence-electron chi connectivity index (χ4n) is 2.00. The summed E-state index contributed by atoms with van der Waals surface area (Å²) in [5, 5.41) is 2.54. The van der Waals surface area contributed by atoms with E-state index in [0.29, 0.717) is 18.0 Å². The molecule has 2 rings (SSSR count). The first-order chi connectivity index (χ1) is 11.6. The smallest absolute Gasteiger partial charge is 0.411 e. The minimum absolute atomic E-state index is 0.0485. The first-order valence-electron chi connectivity index (χ1n) is 7.44. The van der Waals surface area contributed by atoms with Crippen molar-refractivity contribution in [3.8, 4) is 5.75 Å². The van der Waals surface area contributed by atoms with E-state index in [4.69, 9.17) is 4.74 Å². The number of hydrogen-bond acceptors (Lipinski definition) is 4. The molecular weight excluding hydrogens is 308 g/mol. The highest BCUT2D eigenvalue weighted by atomic mass is 16.5. The number of methoxy groups -OCH3 is 1. The van der Waals surface area contributed by atoms with Crippen LogP contribution in [0.3, 0.4) is 0 Å². The molecule has 126 valence electrons. The molecule has 0 aliphatic carbocycles. The zero-order valence-corrected chi connectivity index (χ0v) is 13.7. The lowest BCUT2D eigenvalue weighted by Gasteiger charge is -2.17. The van der Waals surface area contributed by atoms with Crippen LogP contribution in [0.1, 0.15) is 5.56 Å². The predicted molar refractivity (Wildman–Crippen MR) is 90.9 cm³/mol. The zero-order chi connectivity index (χ0) is 17.4. The fraction of sp³-hybridized carbons (Fsp3) is 0.222. The van der Waals surface area contributed by atoms with E-state index >= 15 is 0 Å². The maximum atomic E-state index is 12.1. The molecule has 1 N–H and O–H groups in total. The Bertz CT molecular complexity index is 671. The SMILES string of the molecule is COC(=O)Nc1ccc(OCC(=O)N(C)Cc2ccccc2)cc1. The highest BCUT2D eigenvalue weighted by Gasteiger charge is 2.10. The van der Waals surface area contributed by atoms with Gasteiger partial charge >= 0.3 is 6.09 Å². The molecule has 0 fully saturated rings. The Hall–Kier alpha value is -3.02.